The van der Waals surface area contributed by atoms with Gasteiger partial charge in [0, 0.05) is 31.6 Å². The Labute approximate surface area is 177 Å². The van der Waals surface area contributed by atoms with Gasteiger partial charge in [0.15, 0.2) is 0 Å². The fraction of sp³-hybridized carbons (Fsp3) is 0.348. The van der Waals surface area contributed by atoms with E-state index in [1.165, 1.54) is 0 Å². The molecule has 2 N–H and O–H groups in total. The highest BCUT2D eigenvalue weighted by molar-refractivity contribution is 5.95. The highest BCUT2D eigenvalue weighted by atomic mass is 16.2. The van der Waals surface area contributed by atoms with Crippen LogP contribution in [0.5, 0.6) is 0 Å². The second-order valence-corrected chi connectivity index (χ2v) is 7.02. The van der Waals surface area contributed by atoms with Gasteiger partial charge in [0.1, 0.15) is 0 Å². The number of amides is 2. The van der Waals surface area contributed by atoms with Gasteiger partial charge < -0.3 is 14.8 Å². The summed E-state index contributed by atoms with van der Waals surface area (Å²) in [7, 11) is 0. The third kappa shape index (κ3) is 5.45. The van der Waals surface area contributed by atoms with E-state index in [-0.39, 0.29) is 24.8 Å². The van der Waals surface area contributed by atoms with Crippen molar-refractivity contribution in [1.29, 1.82) is 0 Å². The second kappa shape index (κ2) is 10.5. The van der Waals surface area contributed by atoms with E-state index in [1.54, 1.807) is 12.1 Å². The molecule has 1 heterocycles. The molecule has 0 aliphatic carbocycles. The summed E-state index contributed by atoms with van der Waals surface area (Å²) in [6.45, 7) is 8.12. The van der Waals surface area contributed by atoms with Crippen molar-refractivity contribution in [3.05, 3.63) is 60.2 Å². The highest BCUT2D eigenvalue weighted by Gasteiger charge is 2.14. The Balaban J connectivity index is 1.62. The van der Waals surface area contributed by atoms with Crippen LogP contribution in [0, 0.1) is 0 Å². The lowest BCUT2D eigenvalue weighted by Gasteiger charge is -2.19. The zero-order valence-electron chi connectivity index (χ0n) is 17.6. The van der Waals surface area contributed by atoms with Gasteiger partial charge in [0.2, 0.25) is 11.9 Å². The molecule has 1 aromatic heterocycles. The van der Waals surface area contributed by atoms with E-state index in [0.29, 0.717) is 11.5 Å². The molecule has 2 amide bonds. The van der Waals surface area contributed by atoms with Crippen LogP contribution in [0.3, 0.4) is 0 Å². The number of hydrogen-bond acceptors (Lipinski definition) is 4. The maximum atomic E-state index is 12.5. The SMILES string of the molecule is CCN(CC)CCn1c(NC(=O)CCNC(=O)c2ccccc2)nc2ccccc21. The van der Waals surface area contributed by atoms with Crippen LogP contribution in [0.1, 0.15) is 30.6 Å². The monoisotopic (exact) mass is 407 g/mol. The molecule has 7 heteroatoms. The number of nitrogens with one attached hydrogen (secondary N) is 2. The zero-order valence-corrected chi connectivity index (χ0v) is 17.6. The van der Waals surface area contributed by atoms with E-state index in [4.69, 9.17) is 0 Å². The van der Waals surface area contributed by atoms with Gasteiger partial charge >= 0.3 is 0 Å². The standard InChI is InChI=1S/C23H29N5O2/c1-3-27(4-2)16-17-28-20-13-9-8-12-19(20)25-23(28)26-21(29)14-15-24-22(30)18-10-6-5-7-11-18/h5-13H,3-4,14-17H2,1-2H3,(H,24,30)(H,25,26,29). The number of likely N-dealkylation sites (N-methyl/N-ethyl adjacent to an activating group) is 1. The highest BCUT2D eigenvalue weighted by Crippen LogP contribution is 2.19. The number of para-hydroxylation sites is 2. The number of rotatable bonds is 10. The van der Waals surface area contributed by atoms with Crippen LogP contribution >= 0.6 is 0 Å². The van der Waals surface area contributed by atoms with Crippen molar-refractivity contribution in [3.63, 3.8) is 0 Å². The Bertz CT molecular complexity index is 980. The molecule has 7 nitrogen and oxygen atoms in total. The molecule has 3 rings (SSSR count). The lowest BCUT2D eigenvalue weighted by Crippen LogP contribution is -2.29. The molecule has 0 atom stereocenters. The molecule has 0 unspecified atom stereocenters. The molecule has 2 aromatic carbocycles. The molecule has 3 aromatic rings. The van der Waals surface area contributed by atoms with Crippen LogP contribution in [-0.4, -0.2) is 52.4 Å². The molecular formula is C23H29N5O2. The summed E-state index contributed by atoms with van der Waals surface area (Å²) in [5.41, 5.74) is 2.43. The summed E-state index contributed by atoms with van der Waals surface area (Å²) < 4.78 is 2.05. The molecule has 0 aliphatic rings. The Hall–Kier alpha value is -3.19. The zero-order chi connectivity index (χ0) is 21.3. The molecular weight excluding hydrogens is 378 g/mol. The van der Waals surface area contributed by atoms with Crippen molar-refractivity contribution in [1.82, 2.24) is 19.8 Å². The average Bonchev–Trinajstić information content (AvgIpc) is 3.12. The number of carbonyl (C=O) groups excluding carboxylic acids is 2. The number of hydrogen-bond donors (Lipinski definition) is 2. The summed E-state index contributed by atoms with van der Waals surface area (Å²) in [6, 6.07) is 16.8. The predicted molar refractivity (Wildman–Crippen MR) is 120 cm³/mol. The van der Waals surface area contributed by atoms with Crippen LogP contribution in [0.2, 0.25) is 0 Å². The van der Waals surface area contributed by atoms with Crippen LogP contribution in [0.25, 0.3) is 11.0 Å². The summed E-state index contributed by atoms with van der Waals surface area (Å²) in [5, 5.41) is 5.69. The fourth-order valence-corrected chi connectivity index (χ4v) is 3.35. The number of anilines is 1. The smallest absolute Gasteiger partial charge is 0.251 e. The Morgan fingerprint density at radius 3 is 2.43 bits per heavy atom. The Morgan fingerprint density at radius 2 is 1.70 bits per heavy atom. The van der Waals surface area contributed by atoms with Gasteiger partial charge in [-0.15, -0.1) is 0 Å². The molecule has 0 radical (unpaired) electrons. The van der Waals surface area contributed by atoms with E-state index in [9.17, 15) is 9.59 Å². The van der Waals surface area contributed by atoms with Crippen LogP contribution in [-0.2, 0) is 11.3 Å². The predicted octanol–water partition coefficient (Wildman–Crippen LogP) is 3.14. The van der Waals surface area contributed by atoms with Crippen LogP contribution in [0.4, 0.5) is 5.95 Å². The number of carbonyl (C=O) groups is 2. The first kappa shape index (κ1) is 21.5. The van der Waals surface area contributed by atoms with Gasteiger partial charge in [-0.05, 0) is 37.4 Å². The first-order valence-corrected chi connectivity index (χ1v) is 10.4. The fourth-order valence-electron chi connectivity index (χ4n) is 3.35. The first-order valence-electron chi connectivity index (χ1n) is 10.4. The molecule has 0 aliphatic heterocycles. The van der Waals surface area contributed by atoms with E-state index in [0.717, 1.165) is 37.2 Å². The first-order chi connectivity index (χ1) is 14.6. The van der Waals surface area contributed by atoms with E-state index in [1.807, 2.05) is 47.0 Å². The molecule has 0 saturated carbocycles. The molecule has 30 heavy (non-hydrogen) atoms. The van der Waals surface area contributed by atoms with Gasteiger partial charge in [-0.3, -0.25) is 14.9 Å². The summed E-state index contributed by atoms with van der Waals surface area (Å²) in [4.78, 5) is 31.5. The van der Waals surface area contributed by atoms with Crippen molar-refractivity contribution < 1.29 is 9.59 Å². The maximum Gasteiger partial charge on any atom is 0.251 e. The summed E-state index contributed by atoms with van der Waals surface area (Å²) >= 11 is 0. The van der Waals surface area contributed by atoms with Crippen molar-refractivity contribution in [2.45, 2.75) is 26.8 Å². The van der Waals surface area contributed by atoms with Gasteiger partial charge in [-0.1, -0.05) is 44.2 Å². The van der Waals surface area contributed by atoms with E-state index < -0.39 is 0 Å². The molecule has 0 fully saturated rings. The van der Waals surface area contributed by atoms with Gasteiger partial charge in [0.05, 0.1) is 11.0 Å². The van der Waals surface area contributed by atoms with Gasteiger partial charge in [-0.2, -0.15) is 0 Å². The molecule has 0 saturated heterocycles. The van der Waals surface area contributed by atoms with Crippen molar-refractivity contribution in [2.24, 2.45) is 0 Å². The lowest BCUT2D eigenvalue weighted by molar-refractivity contribution is -0.116. The normalized spacial score (nSPS) is 11.0. The minimum Gasteiger partial charge on any atom is -0.352 e. The number of nitrogens with zero attached hydrogens (tertiary/aromatic N) is 3. The Kier molecular flexibility index (Phi) is 7.57. The minimum absolute atomic E-state index is 0.178. The minimum atomic E-state index is -0.185. The molecule has 158 valence electrons. The van der Waals surface area contributed by atoms with Gasteiger partial charge in [-0.25, -0.2) is 4.98 Å². The second-order valence-electron chi connectivity index (χ2n) is 7.02. The van der Waals surface area contributed by atoms with E-state index >= 15 is 0 Å². The van der Waals surface area contributed by atoms with Crippen molar-refractivity contribution in [3.8, 4) is 0 Å². The van der Waals surface area contributed by atoms with Gasteiger partial charge in [0.25, 0.3) is 5.91 Å². The summed E-state index contributed by atoms with van der Waals surface area (Å²) in [6.07, 6.45) is 0.178. The quantitative estimate of drug-likeness (QED) is 0.541. The summed E-state index contributed by atoms with van der Waals surface area (Å²) in [5.74, 6) is 0.181. The topological polar surface area (TPSA) is 79.3 Å². The molecule has 0 spiro atoms. The number of fused-ring (bicyclic) bond motifs is 1. The van der Waals surface area contributed by atoms with E-state index in [2.05, 4.69) is 34.4 Å². The number of benzene rings is 2. The maximum absolute atomic E-state index is 12.5. The van der Waals surface area contributed by atoms with Crippen LogP contribution in [0.15, 0.2) is 54.6 Å². The van der Waals surface area contributed by atoms with Crippen molar-refractivity contribution >= 4 is 28.8 Å². The third-order valence-electron chi connectivity index (χ3n) is 5.11. The Morgan fingerprint density at radius 1 is 1.00 bits per heavy atom. The average molecular weight is 408 g/mol. The molecule has 0 bridgehead atoms. The number of imidazole rings is 1. The van der Waals surface area contributed by atoms with Crippen LogP contribution < -0.4 is 10.6 Å². The largest absolute Gasteiger partial charge is 0.352 e. The number of aromatic nitrogens is 2. The third-order valence-corrected chi connectivity index (χ3v) is 5.11. The van der Waals surface area contributed by atoms with Crippen molar-refractivity contribution in [2.75, 3.05) is 31.5 Å². The lowest BCUT2D eigenvalue weighted by atomic mass is 10.2.